The maximum Gasteiger partial charge on any atom is 0.263 e. The summed E-state index contributed by atoms with van der Waals surface area (Å²) in [4.78, 5) is 16.8. The Bertz CT molecular complexity index is 1170. The number of rotatable bonds is 3. The highest BCUT2D eigenvalue weighted by Gasteiger charge is 2.19. The zero-order valence-corrected chi connectivity index (χ0v) is 16.9. The molecule has 0 saturated carbocycles. The Morgan fingerprint density at radius 2 is 1.81 bits per heavy atom. The molecule has 136 valence electrons. The monoisotopic (exact) mass is 408 g/mol. The highest BCUT2D eigenvalue weighted by Crippen LogP contribution is 2.26. The van der Waals surface area contributed by atoms with Crippen LogP contribution in [0.25, 0.3) is 10.2 Å². The number of halogens is 1. The predicted octanol–water partition coefficient (Wildman–Crippen LogP) is 3.41. The maximum absolute atomic E-state index is 12.4. The third-order valence-electron chi connectivity index (χ3n) is 4.07. The molecule has 0 atom stereocenters. The number of carbonyl (C=O) groups excluding carboxylic acids is 1. The summed E-state index contributed by atoms with van der Waals surface area (Å²) >= 11 is 7.48. The number of aryl methyl sites for hydroxylation is 3. The minimum Gasteiger partial charge on any atom is -0.319 e. The molecule has 0 saturated heterocycles. The highest BCUT2D eigenvalue weighted by atomic mass is 35.5. The Morgan fingerprint density at radius 3 is 2.46 bits per heavy atom. The fourth-order valence-corrected chi connectivity index (χ4v) is 5.00. The smallest absolute Gasteiger partial charge is 0.263 e. The first-order chi connectivity index (χ1) is 12.2. The summed E-state index contributed by atoms with van der Waals surface area (Å²) in [7, 11) is -1.94. The second-order valence-electron chi connectivity index (χ2n) is 6.04. The van der Waals surface area contributed by atoms with Gasteiger partial charge in [0, 0.05) is 12.1 Å². The number of thiazole rings is 1. The molecule has 8 heteroatoms. The number of amides is 1. The minimum atomic E-state index is -3.72. The van der Waals surface area contributed by atoms with E-state index < -0.39 is 21.5 Å². The average molecular weight is 409 g/mol. The molecule has 0 fully saturated rings. The summed E-state index contributed by atoms with van der Waals surface area (Å²) < 4.78 is 27.5. The predicted molar refractivity (Wildman–Crippen MR) is 104 cm³/mol. The van der Waals surface area contributed by atoms with Gasteiger partial charge >= 0.3 is 0 Å². The lowest BCUT2D eigenvalue weighted by Crippen LogP contribution is -2.19. The number of sulfone groups is 1. The van der Waals surface area contributed by atoms with Crippen molar-refractivity contribution in [1.82, 2.24) is 4.57 Å². The first kappa shape index (κ1) is 18.8. The number of aromatic nitrogens is 1. The van der Waals surface area contributed by atoms with E-state index in [1.54, 1.807) is 29.8 Å². The molecule has 0 bridgehead atoms. The van der Waals surface area contributed by atoms with Gasteiger partial charge in [-0.15, -0.1) is 0 Å². The molecule has 0 aliphatic carbocycles. The maximum atomic E-state index is 12.4. The summed E-state index contributed by atoms with van der Waals surface area (Å²) in [6.45, 7) is 3.76. The van der Waals surface area contributed by atoms with Crippen LogP contribution in [0.4, 0.5) is 0 Å². The molecule has 0 aliphatic rings. The van der Waals surface area contributed by atoms with E-state index in [2.05, 4.69) is 4.99 Å². The summed E-state index contributed by atoms with van der Waals surface area (Å²) in [5.41, 5.74) is 2.73. The third kappa shape index (κ3) is 3.60. The molecule has 0 unspecified atom stereocenters. The van der Waals surface area contributed by atoms with E-state index in [1.165, 1.54) is 23.5 Å². The second-order valence-corrected chi connectivity index (χ2v) is 9.45. The van der Waals surface area contributed by atoms with E-state index in [4.69, 9.17) is 11.6 Å². The van der Waals surface area contributed by atoms with E-state index in [-0.39, 0.29) is 4.90 Å². The largest absolute Gasteiger partial charge is 0.319 e. The van der Waals surface area contributed by atoms with Crippen molar-refractivity contribution in [2.45, 2.75) is 18.7 Å². The standard InChI is InChI=1S/C18H17ClN2O3S2/c1-11-4-6-13(7-5-11)26(23,24)10-16(22)20-18-21(3)17-12(2)14(19)8-9-15(17)25-18/h4-9H,10H2,1-3H3. The Kier molecular flexibility index (Phi) is 5.05. The first-order valence-electron chi connectivity index (χ1n) is 7.80. The number of fused-ring (bicyclic) bond motifs is 1. The van der Waals surface area contributed by atoms with Crippen molar-refractivity contribution < 1.29 is 13.2 Å². The SMILES string of the molecule is Cc1ccc(S(=O)(=O)CC(=O)N=c2sc3ccc(Cl)c(C)c3n2C)cc1. The van der Waals surface area contributed by atoms with Crippen LogP contribution in [0.1, 0.15) is 11.1 Å². The van der Waals surface area contributed by atoms with Gasteiger partial charge in [0.15, 0.2) is 14.6 Å². The zero-order valence-electron chi connectivity index (χ0n) is 14.5. The van der Waals surface area contributed by atoms with Crippen molar-refractivity contribution in [3.63, 3.8) is 0 Å². The Hall–Kier alpha value is -1.96. The van der Waals surface area contributed by atoms with Gasteiger partial charge in [0.2, 0.25) is 0 Å². The molecule has 5 nitrogen and oxygen atoms in total. The summed E-state index contributed by atoms with van der Waals surface area (Å²) in [6, 6.07) is 10.1. The molecular formula is C18H17ClN2O3S2. The topological polar surface area (TPSA) is 68.5 Å². The van der Waals surface area contributed by atoms with E-state index >= 15 is 0 Å². The van der Waals surface area contributed by atoms with Gasteiger partial charge < -0.3 is 4.57 Å². The summed E-state index contributed by atoms with van der Waals surface area (Å²) in [6.07, 6.45) is 0. The van der Waals surface area contributed by atoms with Crippen molar-refractivity contribution in [1.29, 1.82) is 0 Å². The van der Waals surface area contributed by atoms with Gasteiger partial charge in [-0.3, -0.25) is 4.79 Å². The Morgan fingerprint density at radius 1 is 1.15 bits per heavy atom. The first-order valence-corrected chi connectivity index (χ1v) is 10.7. The van der Waals surface area contributed by atoms with E-state index in [0.717, 1.165) is 21.3 Å². The fourth-order valence-electron chi connectivity index (χ4n) is 2.64. The lowest BCUT2D eigenvalue weighted by atomic mass is 10.2. The van der Waals surface area contributed by atoms with Crippen molar-refractivity contribution in [3.05, 3.63) is 57.3 Å². The van der Waals surface area contributed by atoms with Crippen molar-refractivity contribution in [2.24, 2.45) is 12.0 Å². The molecule has 0 N–H and O–H groups in total. The van der Waals surface area contributed by atoms with Crippen LogP contribution in [0.2, 0.25) is 5.02 Å². The van der Waals surface area contributed by atoms with Gasteiger partial charge in [0.25, 0.3) is 5.91 Å². The number of nitrogens with zero attached hydrogens (tertiary/aromatic N) is 2. The van der Waals surface area contributed by atoms with Gasteiger partial charge in [-0.1, -0.05) is 40.6 Å². The van der Waals surface area contributed by atoms with E-state index in [0.29, 0.717) is 9.82 Å². The number of benzene rings is 2. The normalized spacial score (nSPS) is 12.7. The highest BCUT2D eigenvalue weighted by molar-refractivity contribution is 7.92. The molecule has 1 heterocycles. The minimum absolute atomic E-state index is 0.120. The molecule has 26 heavy (non-hydrogen) atoms. The summed E-state index contributed by atoms with van der Waals surface area (Å²) in [5, 5.41) is 0.630. The molecule has 0 aliphatic heterocycles. The molecule has 2 aromatic carbocycles. The van der Waals surface area contributed by atoms with Crippen molar-refractivity contribution in [3.8, 4) is 0 Å². The summed E-state index contributed by atoms with van der Waals surface area (Å²) in [5.74, 6) is -1.36. The van der Waals surface area contributed by atoms with Gasteiger partial charge in [-0.25, -0.2) is 8.42 Å². The van der Waals surface area contributed by atoms with Gasteiger partial charge in [0.05, 0.1) is 15.1 Å². The average Bonchev–Trinajstić information content (AvgIpc) is 2.87. The van der Waals surface area contributed by atoms with Crippen molar-refractivity contribution in [2.75, 3.05) is 5.75 Å². The number of hydrogen-bond donors (Lipinski definition) is 0. The second kappa shape index (κ2) is 6.98. The van der Waals surface area contributed by atoms with E-state index in [1.807, 2.05) is 19.9 Å². The van der Waals surface area contributed by atoms with Gasteiger partial charge in [0.1, 0.15) is 5.75 Å². The van der Waals surface area contributed by atoms with Crippen molar-refractivity contribution >= 4 is 48.9 Å². The number of hydrogen-bond acceptors (Lipinski definition) is 4. The zero-order chi connectivity index (χ0) is 19.1. The van der Waals surface area contributed by atoms with Gasteiger partial charge in [-0.05, 0) is 43.7 Å². The van der Waals surface area contributed by atoms with Crippen LogP contribution >= 0.6 is 22.9 Å². The van der Waals surface area contributed by atoms with Crippen LogP contribution < -0.4 is 4.80 Å². The van der Waals surface area contributed by atoms with Crippen LogP contribution in [-0.2, 0) is 21.7 Å². The van der Waals surface area contributed by atoms with Crippen LogP contribution in [0.5, 0.6) is 0 Å². The van der Waals surface area contributed by atoms with Crippen LogP contribution in [0.3, 0.4) is 0 Å². The quantitative estimate of drug-likeness (QED) is 0.666. The molecule has 1 amide bonds. The van der Waals surface area contributed by atoms with Crippen LogP contribution in [-0.4, -0.2) is 24.6 Å². The van der Waals surface area contributed by atoms with Gasteiger partial charge in [-0.2, -0.15) is 4.99 Å². The number of carbonyl (C=O) groups is 1. The lowest BCUT2D eigenvalue weighted by molar-refractivity contribution is -0.115. The molecule has 0 spiro atoms. The van der Waals surface area contributed by atoms with Crippen LogP contribution in [0, 0.1) is 13.8 Å². The molecule has 1 aromatic heterocycles. The molecular weight excluding hydrogens is 392 g/mol. The molecule has 0 radical (unpaired) electrons. The Balaban J connectivity index is 1.97. The Labute approximate surface area is 160 Å². The lowest BCUT2D eigenvalue weighted by Gasteiger charge is -2.03. The molecule has 3 rings (SSSR count). The van der Waals surface area contributed by atoms with Crippen LogP contribution in [0.15, 0.2) is 46.3 Å². The molecule has 3 aromatic rings. The fraction of sp³-hybridized carbons (Fsp3) is 0.222. The van der Waals surface area contributed by atoms with E-state index in [9.17, 15) is 13.2 Å². The third-order valence-corrected chi connectivity index (χ3v) is 7.19.